The van der Waals surface area contributed by atoms with Gasteiger partial charge < -0.3 is 5.32 Å². The van der Waals surface area contributed by atoms with Crippen LogP contribution in [0.2, 0.25) is 0 Å². The summed E-state index contributed by atoms with van der Waals surface area (Å²) in [6, 6.07) is 0. The second kappa shape index (κ2) is 3.80. The maximum absolute atomic E-state index is 11.8. The van der Waals surface area contributed by atoms with Crippen LogP contribution < -0.4 is 5.32 Å². The number of anilines is 1. The summed E-state index contributed by atoms with van der Waals surface area (Å²) in [4.78, 5) is 15.9. The van der Waals surface area contributed by atoms with E-state index in [9.17, 15) is 4.79 Å². The van der Waals surface area contributed by atoms with Crippen LogP contribution in [0.15, 0.2) is 0 Å². The highest BCUT2D eigenvalue weighted by atomic mass is 32.1. The fraction of sp³-hybridized carbons (Fsp3) is 0.727. The summed E-state index contributed by atoms with van der Waals surface area (Å²) < 4.78 is 4.04. The van der Waals surface area contributed by atoms with E-state index in [2.05, 4.69) is 14.7 Å². The minimum absolute atomic E-state index is 0.105. The number of nitrogens with one attached hydrogen (secondary N) is 1. The van der Waals surface area contributed by atoms with Crippen molar-refractivity contribution in [2.45, 2.75) is 32.6 Å². The number of aromatic nitrogens is 2. The molecule has 4 nitrogen and oxygen atoms in total. The maximum atomic E-state index is 11.8. The summed E-state index contributed by atoms with van der Waals surface area (Å²) in [6.45, 7) is 1.83. The molecule has 2 aliphatic rings. The van der Waals surface area contributed by atoms with Crippen LogP contribution in [0.5, 0.6) is 0 Å². The Bertz CT molecular complexity index is 417. The molecule has 0 spiro atoms. The van der Waals surface area contributed by atoms with Crippen LogP contribution in [0.4, 0.5) is 5.13 Å². The monoisotopic (exact) mass is 237 g/mol. The zero-order chi connectivity index (χ0) is 11.1. The van der Waals surface area contributed by atoms with E-state index in [0.29, 0.717) is 17.5 Å². The summed E-state index contributed by atoms with van der Waals surface area (Å²) in [5.74, 6) is 3.25. The van der Waals surface area contributed by atoms with E-state index in [1.807, 2.05) is 6.92 Å². The molecule has 1 aromatic heterocycles. The number of aryl methyl sites for hydroxylation is 1. The van der Waals surface area contributed by atoms with E-state index in [1.54, 1.807) is 0 Å². The van der Waals surface area contributed by atoms with Crippen molar-refractivity contribution < 1.29 is 4.79 Å². The van der Waals surface area contributed by atoms with Crippen LogP contribution in [0, 0.1) is 24.7 Å². The Balaban J connectivity index is 1.53. The van der Waals surface area contributed by atoms with E-state index in [4.69, 9.17) is 0 Å². The number of nitrogens with zero attached hydrogens (tertiary/aromatic N) is 2. The lowest BCUT2D eigenvalue weighted by Gasteiger charge is -2.09. The summed E-state index contributed by atoms with van der Waals surface area (Å²) in [5.41, 5.74) is 0. The maximum Gasteiger partial charge on any atom is 0.226 e. The average molecular weight is 237 g/mol. The largest absolute Gasteiger partial charge is 0.301 e. The van der Waals surface area contributed by atoms with Gasteiger partial charge in [-0.25, -0.2) is 4.98 Å². The molecule has 1 heterocycles. The zero-order valence-electron chi connectivity index (χ0n) is 9.27. The van der Waals surface area contributed by atoms with Gasteiger partial charge in [0.15, 0.2) is 0 Å². The van der Waals surface area contributed by atoms with Gasteiger partial charge in [0.05, 0.1) is 0 Å². The van der Waals surface area contributed by atoms with Crippen LogP contribution in [0.3, 0.4) is 0 Å². The van der Waals surface area contributed by atoms with Gasteiger partial charge >= 0.3 is 0 Å². The molecule has 0 aliphatic heterocycles. The smallest absolute Gasteiger partial charge is 0.226 e. The molecule has 0 saturated heterocycles. The molecule has 2 saturated carbocycles. The third-order valence-electron chi connectivity index (χ3n) is 3.71. The highest BCUT2D eigenvalue weighted by Crippen LogP contribution is 2.56. The molecule has 86 valence electrons. The van der Waals surface area contributed by atoms with Crippen LogP contribution in [-0.2, 0) is 4.79 Å². The summed E-state index contributed by atoms with van der Waals surface area (Å²) in [5, 5.41) is 3.47. The second-order valence-corrected chi connectivity index (χ2v) is 5.65. The highest BCUT2D eigenvalue weighted by molar-refractivity contribution is 7.09. The molecule has 3 unspecified atom stereocenters. The lowest BCUT2D eigenvalue weighted by molar-refractivity contribution is -0.117. The van der Waals surface area contributed by atoms with Crippen LogP contribution in [-0.4, -0.2) is 15.3 Å². The third-order valence-corrected chi connectivity index (χ3v) is 4.43. The molecule has 1 N–H and O–H groups in total. The molecule has 5 heteroatoms. The van der Waals surface area contributed by atoms with E-state index < -0.39 is 0 Å². The number of carbonyl (C=O) groups is 1. The molecular weight excluding hydrogens is 222 g/mol. The van der Waals surface area contributed by atoms with Gasteiger partial charge in [0.1, 0.15) is 5.82 Å². The van der Waals surface area contributed by atoms with Crippen molar-refractivity contribution in [2.75, 3.05) is 5.32 Å². The molecule has 3 atom stereocenters. The van der Waals surface area contributed by atoms with E-state index in [-0.39, 0.29) is 5.91 Å². The third kappa shape index (κ3) is 1.96. The first-order valence-electron chi connectivity index (χ1n) is 5.82. The first-order chi connectivity index (χ1) is 7.72. The normalized spacial score (nSPS) is 31.2. The van der Waals surface area contributed by atoms with Crippen molar-refractivity contribution in [1.82, 2.24) is 9.36 Å². The Morgan fingerprint density at radius 1 is 1.56 bits per heavy atom. The first-order valence-corrected chi connectivity index (χ1v) is 6.60. The van der Waals surface area contributed by atoms with Crippen LogP contribution in [0.25, 0.3) is 0 Å². The van der Waals surface area contributed by atoms with E-state index >= 15 is 0 Å². The summed E-state index contributed by atoms with van der Waals surface area (Å²) in [7, 11) is 0. The molecule has 3 rings (SSSR count). The minimum atomic E-state index is 0.105. The molecule has 2 aliphatic carbocycles. The average Bonchev–Trinajstić information content (AvgIpc) is 2.76. The Labute approximate surface area is 98.6 Å². The molecule has 16 heavy (non-hydrogen) atoms. The Morgan fingerprint density at radius 3 is 3.00 bits per heavy atom. The standard InChI is InChI=1S/C11H15N3OS/c1-6-12-11(16-14-6)13-10(15)5-8-3-2-7-4-9(7)8/h7-9H,2-5H2,1H3,(H,12,13,14,15). The van der Waals surface area contributed by atoms with Crippen molar-refractivity contribution in [3.05, 3.63) is 5.82 Å². The predicted molar refractivity (Wildman–Crippen MR) is 62.2 cm³/mol. The SMILES string of the molecule is Cc1nsc(NC(=O)CC2CCC3CC23)n1. The van der Waals surface area contributed by atoms with Gasteiger partial charge in [-0.05, 0) is 43.9 Å². The Hall–Kier alpha value is -0.970. The first kappa shape index (κ1) is 10.2. The van der Waals surface area contributed by atoms with Crippen molar-refractivity contribution >= 4 is 22.6 Å². The number of hydrogen-bond donors (Lipinski definition) is 1. The van der Waals surface area contributed by atoms with Gasteiger partial charge in [0.25, 0.3) is 0 Å². The number of amides is 1. The zero-order valence-corrected chi connectivity index (χ0v) is 10.1. The topological polar surface area (TPSA) is 54.9 Å². The summed E-state index contributed by atoms with van der Waals surface area (Å²) in [6.07, 6.45) is 4.59. The highest BCUT2D eigenvalue weighted by Gasteiger charge is 2.48. The predicted octanol–water partition coefficient (Wildman–Crippen LogP) is 2.22. The van der Waals surface area contributed by atoms with Gasteiger partial charge in [-0.15, -0.1) is 0 Å². The minimum Gasteiger partial charge on any atom is -0.301 e. The van der Waals surface area contributed by atoms with Gasteiger partial charge in [0, 0.05) is 18.0 Å². The van der Waals surface area contributed by atoms with Gasteiger partial charge in [0.2, 0.25) is 11.0 Å². The van der Waals surface area contributed by atoms with E-state index in [0.717, 1.165) is 17.7 Å². The van der Waals surface area contributed by atoms with Crippen LogP contribution in [0.1, 0.15) is 31.5 Å². The lowest BCUT2D eigenvalue weighted by Crippen LogP contribution is -2.16. The van der Waals surface area contributed by atoms with Gasteiger partial charge in [-0.2, -0.15) is 4.37 Å². The van der Waals surface area contributed by atoms with E-state index in [1.165, 1.54) is 30.8 Å². The Kier molecular flexibility index (Phi) is 2.42. The number of rotatable bonds is 3. The number of hydrogen-bond acceptors (Lipinski definition) is 4. The van der Waals surface area contributed by atoms with Crippen molar-refractivity contribution in [3.63, 3.8) is 0 Å². The van der Waals surface area contributed by atoms with Crippen molar-refractivity contribution in [3.8, 4) is 0 Å². The summed E-state index contributed by atoms with van der Waals surface area (Å²) >= 11 is 1.25. The molecule has 2 fully saturated rings. The fourth-order valence-corrected chi connectivity index (χ4v) is 3.42. The second-order valence-electron chi connectivity index (χ2n) is 4.90. The van der Waals surface area contributed by atoms with Gasteiger partial charge in [-0.1, -0.05) is 0 Å². The number of fused-ring (bicyclic) bond motifs is 1. The fourth-order valence-electron chi connectivity index (χ4n) is 2.83. The van der Waals surface area contributed by atoms with Gasteiger partial charge in [-0.3, -0.25) is 4.79 Å². The Morgan fingerprint density at radius 2 is 2.44 bits per heavy atom. The molecule has 0 aromatic carbocycles. The van der Waals surface area contributed by atoms with Crippen molar-refractivity contribution in [2.24, 2.45) is 17.8 Å². The van der Waals surface area contributed by atoms with Crippen molar-refractivity contribution in [1.29, 1.82) is 0 Å². The molecular formula is C11H15N3OS. The molecule has 1 aromatic rings. The quantitative estimate of drug-likeness (QED) is 0.877. The molecule has 0 bridgehead atoms. The molecule has 0 radical (unpaired) electrons. The molecule has 1 amide bonds. The lowest BCUT2D eigenvalue weighted by atomic mass is 9.99. The number of carbonyl (C=O) groups excluding carboxylic acids is 1. The van der Waals surface area contributed by atoms with Crippen LogP contribution >= 0.6 is 11.5 Å².